The lowest BCUT2D eigenvalue weighted by Gasteiger charge is -2.09. The highest BCUT2D eigenvalue weighted by atomic mass is 35.5. The van der Waals surface area contributed by atoms with E-state index < -0.39 is 9.84 Å². The summed E-state index contributed by atoms with van der Waals surface area (Å²) in [7, 11) is -4.03. The number of sulfone groups is 1. The Balaban J connectivity index is 1.82. The van der Waals surface area contributed by atoms with Crippen LogP contribution in [-0.2, 0) is 9.84 Å². The van der Waals surface area contributed by atoms with Crippen molar-refractivity contribution in [2.75, 3.05) is 6.61 Å². The van der Waals surface area contributed by atoms with Crippen LogP contribution in [-0.4, -0.2) is 24.8 Å². The fourth-order valence-corrected chi connectivity index (χ4v) is 5.06. The maximum Gasteiger partial charge on any atom is 0.216 e. The largest absolute Gasteiger partial charge is 0.492 e. The summed E-state index contributed by atoms with van der Waals surface area (Å²) < 4.78 is 34.0. The van der Waals surface area contributed by atoms with Gasteiger partial charge in [0.25, 0.3) is 0 Å². The zero-order valence-corrected chi connectivity index (χ0v) is 22.1. The number of halogens is 1. The summed E-state index contributed by atoms with van der Waals surface area (Å²) in [6, 6.07) is 23.0. The fourth-order valence-electron chi connectivity index (χ4n) is 3.68. The number of ether oxygens (including phenoxy) is 1. The summed E-state index contributed by atoms with van der Waals surface area (Å²) in [5.41, 5.74) is 3.32. The number of allylic oxidation sites excluding steroid dienone is 1. The van der Waals surface area contributed by atoms with Crippen LogP contribution >= 0.6 is 11.6 Å². The molecule has 0 bridgehead atoms. The Morgan fingerprint density at radius 3 is 2.49 bits per heavy atom. The summed E-state index contributed by atoms with van der Waals surface area (Å²) in [4.78, 5) is -0.324. The number of nitrogens with zero attached hydrogens (tertiary/aromatic N) is 3. The van der Waals surface area contributed by atoms with E-state index in [0.717, 1.165) is 24.1 Å². The summed E-state index contributed by atoms with van der Waals surface area (Å²) in [6.45, 7) is 4.52. The molecular formula is C29H26ClN3O3S. The molecule has 0 saturated carbocycles. The van der Waals surface area contributed by atoms with E-state index in [-0.39, 0.29) is 9.80 Å². The number of rotatable bonds is 9. The van der Waals surface area contributed by atoms with Crippen LogP contribution in [0.15, 0.2) is 88.8 Å². The molecular weight excluding hydrogens is 506 g/mol. The van der Waals surface area contributed by atoms with Gasteiger partial charge in [0.1, 0.15) is 22.4 Å². The van der Waals surface area contributed by atoms with Gasteiger partial charge in [-0.3, -0.25) is 0 Å². The predicted octanol–water partition coefficient (Wildman–Crippen LogP) is 7.02. The quantitative estimate of drug-likeness (QED) is 0.171. The molecule has 4 rings (SSSR count). The van der Waals surface area contributed by atoms with E-state index in [1.807, 2.05) is 49.4 Å². The van der Waals surface area contributed by atoms with Crippen LogP contribution in [0.25, 0.3) is 23.0 Å². The summed E-state index contributed by atoms with van der Waals surface area (Å²) in [5, 5.41) is 15.0. The maximum atomic E-state index is 13.3. The van der Waals surface area contributed by atoms with Gasteiger partial charge >= 0.3 is 0 Å². The molecule has 0 aliphatic carbocycles. The lowest BCUT2D eigenvalue weighted by atomic mass is 10.1. The summed E-state index contributed by atoms with van der Waals surface area (Å²) in [6.07, 6.45) is 4.98. The van der Waals surface area contributed by atoms with Gasteiger partial charge in [-0.05, 0) is 61.9 Å². The molecule has 0 N–H and O–H groups in total. The second-order valence-corrected chi connectivity index (χ2v) is 10.8. The van der Waals surface area contributed by atoms with Crippen LogP contribution in [0.1, 0.15) is 30.9 Å². The maximum absolute atomic E-state index is 13.3. The molecule has 8 heteroatoms. The van der Waals surface area contributed by atoms with Crippen molar-refractivity contribution in [3.05, 3.63) is 100 Å². The molecule has 0 spiro atoms. The topological polar surface area (TPSA) is 85.0 Å². The molecule has 0 radical (unpaired) electrons. The van der Waals surface area contributed by atoms with E-state index in [1.165, 1.54) is 18.2 Å². The smallest absolute Gasteiger partial charge is 0.216 e. The average Bonchev–Trinajstić information content (AvgIpc) is 3.33. The van der Waals surface area contributed by atoms with Crippen molar-refractivity contribution in [2.24, 2.45) is 0 Å². The van der Waals surface area contributed by atoms with E-state index in [0.29, 0.717) is 34.2 Å². The van der Waals surface area contributed by atoms with Gasteiger partial charge in [0.05, 0.1) is 22.2 Å². The van der Waals surface area contributed by atoms with Gasteiger partial charge in [-0.15, -0.1) is 0 Å². The van der Waals surface area contributed by atoms with Crippen LogP contribution in [0.3, 0.4) is 0 Å². The highest BCUT2D eigenvalue weighted by Gasteiger charge is 2.22. The van der Waals surface area contributed by atoms with Crippen molar-refractivity contribution in [1.82, 2.24) is 9.78 Å². The van der Waals surface area contributed by atoms with E-state index in [9.17, 15) is 13.7 Å². The van der Waals surface area contributed by atoms with Crippen LogP contribution in [0.2, 0.25) is 5.02 Å². The van der Waals surface area contributed by atoms with Crippen molar-refractivity contribution >= 4 is 27.5 Å². The monoisotopic (exact) mass is 531 g/mol. The van der Waals surface area contributed by atoms with E-state index in [1.54, 1.807) is 35.1 Å². The standard InChI is InChI=1S/C29H26ClN3O3S/c1-3-4-16-36-28-15-12-22(18-27(28)30)29-23(20-33(32-29)24-8-6-5-7-9-24)17-26(19-31)37(34,35)25-13-10-21(2)11-14-25/h5-15,17-18,20H,3-4,16H2,1-2H3/b26-17-. The molecule has 6 nitrogen and oxygen atoms in total. The Kier molecular flexibility index (Phi) is 8.12. The Labute approximate surface area is 222 Å². The van der Waals surface area contributed by atoms with Gasteiger partial charge in [-0.25, -0.2) is 13.1 Å². The van der Waals surface area contributed by atoms with Gasteiger partial charge in [-0.1, -0.05) is 60.8 Å². The Bertz CT molecular complexity index is 1570. The molecule has 0 aliphatic heterocycles. The molecule has 1 heterocycles. The summed E-state index contributed by atoms with van der Waals surface area (Å²) >= 11 is 6.51. The van der Waals surface area contributed by atoms with Crippen LogP contribution < -0.4 is 4.74 Å². The van der Waals surface area contributed by atoms with Crippen molar-refractivity contribution in [3.8, 4) is 28.8 Å². The number of para-hydroxylation sites is 1. The third-order valence-electron chi connectivity index (χ3n) is 5.74. The number of hydrogen-bond acceptors (Lipinski definition) is 5. The minimum Gasteiger partial charge on any atom is -0.492 e. The first-order chi connectivity index (χ1) is 17.8. The third-order valence-corrected chi connectivity index (χ3v) is 7.72. The third kappa shape index (κ3) is 5.93. The molecule has 0 amide bonds. The average molecular weight is 532 g/mol. The lowest BCUT2D eigenvalue weighted by molar-refractivity contribution is 0.309. The molecule has 0 saturated heterocycles. The molecule has 1 aromatic heterocycles. The highest BCUT2D eigenvalue weighted by Crippen LogP contribution is 2.33. The number of benzene rings is 3. The zero-order valence-electron chi connectivity index (χ0n) is 20.6. The van der Waals surface area contributed by atoms with Crippen molar-refractivity contribution < 1.29 is 13.2 Å². The molecule has 4 aromatic rings. The van der Waals surface area contributed by atoms with Crippen LogP contribution in [0, 0.1) is 18.3 Å². The van der Waals surface area contributed by atoms with Gasteiger partial charge < -0.3 is 4.74 Å². The zero-order chi connectivity index (χ0) is 26.4. The predicted molar refractivity (Wildman–Crippen MR) is 146 cm³/mol. The van der Waals surface area contributed by atoms with Crippen molar-refractivity contribution in [2.45, 2.75) is 31.6 Å². The molecule has 37 heavy (non-hydrogen) atoms. The number of unbranched alkanes of at least 4 members (excludes halogenated alkanes) is 1. The minimum absolute atomic E-state index is 0.0551. The van der Waals surface area contributed by atoms with Crippen LogP contribution in [0.5, 0.6) is 5.75 Å². The molecule has 3 aromatic carbocycles. The molecule has 0 unspecified atom stereocenters. The lowest BCUT2D eigenvalue weighted by Crippen LogP contribution is -2.03. The minimum atomic E-state index is -4.03. The second kappa shape index (κ2) is 11.5. The van der Waals surface area contributed by atoms with Crippen LogP contribution in [0.4, 0.5) is 0 Å². The fraction of sp³-hybridized carbons (Fsp3) is 0.172. The first-order valence-electron chi connectivity index (χ1n) is 11.8. The van der Waals surface area contributed by atoms with Gasteiger partial charge in [0.2, 0.25) is 9.84 Å². The number of hydrogen-bond donors (Lipinski definition) is 0. The van der Waals surface area contributed by atoms with Gasteiger partial charge in [0, 0.05) is 17.3 Å². The number of aromatic nitrogens is 2. The number of nitriles is 1. The van der Waals surface area contributed by atoms with Gasteiger partial charge in [-0.2, -0.15) is 10.4 Å². The van der Waals surface area contributed by atoms with E-state index in [2.05, 4.69) is 6.92 Å². The normalized spacial score (nSPS) is 11.8. The molecule has 188 valence electrons. The molecule has 0 atom stereocenters. The van der Waals surface area contributed by atoms with Crippen molar-refractivity contribution in [1.29, 1.82) is 5.26 Å². The van der Waals surface area contributed by atoms with Gasteiger partial charge in [0.15, 0.2) is 0 Å². The SMILES string of the molecule is CCCCOc1ccc(-c2nn(-c3ccccc3)cc2/C=C(/C#N)S(=O)(=O)c2ccc(C)cc2)cc1Cl. The second-order valence-electron chi connectivity index (χ2n) is 8.50. The van der Waals surface area contributed by atoms with Crippen molar-refractivity contribution in [3.63, 3.8) is 0 Å². The molecule has 0 aliphatic rings. The summed E-state index contributed by atoms with van der Waals surface area (Å²) in [5.74, 6) is 0.568. The van der Waals surface area contributed by atoms with E-state index in [4.69, 9.17) is 21.4 Å². The first kappa shape index (κ1) is 26.2. The molecule has 0 fully saturated rings. The highest BCUT2D eigenvalue weighted by molar-refractivity contribution is 7.95. The first-order valence-corrected chi connectivity index (χ1v) is 13.7. The Morgan fingerprint density at radius 1 is 1.11 bits per heavy atom. The number of aryl methyl sites for hydroxylation is 1. The van der Waals surface area contributed by atoms with E-state index >= 15 is 0 Å². The Hall–Kier alpha value is -3.86. The Morgan fingerprint density at radius 2 is 1.84 bits per heavy atom.